The van der Waals surface area contributed by atoms with Crippen molar-refractivity contribution in [2.75, 3.05) is 18.4 Å². The van der Waals surface area contributed by atoms with Gasteiger partial charge in [0.2, 0.25) is 5.91 Å². The molecule has 24 heavy (non-hydrogen) atoms. The highest BCUT2D eigenvalue weighted by Crippen LogP contribution is 2.28. The van der Waals surface area contributed by atoms with Crippen LogP contribution in [0.2, 0.25) is 0 Å². The van der Waals surface area contributed by atoms with Gasteiger partial charge in [0.25, 0.3) is 5.91 Å². The summed E-state index contributed by atoms with van der Waals surface area (Å²) in [6, 6.07) is 5.49. The molecule has 0 unspecified atom stereocenters. The van der Waals surface area contributed by atoms with E-state index in [-0.39, 0.29) is 11.7 Å². The van der Waals surface area contributed by atoms with Crippen LogP contribution in [0.4, 0.5) is 5.82 Å². The largest absolute Gasteiger partial charge is 0.367 e. The summed E-state index contributed by atoms with van der Waals surface area (Å²) in [7, 11) is 0. The SMILES string of the molecule is NC(=O)c1cccc(NC2CCN(C(=O)CC3CCCC3)CC2)n1. The maximum atomic E-state index is 12.4. The van der Waals surface area contributed by atoms with Crippen molar-refractivity contribution in [3.8, 4) is 0 Å². The third-order valence-electron chi connectivity index (χ3n) is 5.14. The summed E-state index contributed by atoms with van der Waals surface area (Å²) in [4.78, 5) is 29.8. The molecule has 2 amide bonds. The van der Waals surface area contributed by atoms with Gasteiger partial charge in [-0.2, -0.15) is 0 Å². The van der Waals surface area contributed by atoms with Gasteiger partial charge in [0, 0.05) is 25.6 Å². The molecule has 0 spiro atoms. The number of likely N-dealkylation sites (tertiary alicyclic amines) is 1. The van der Waals surface area contributed by atoms with E-state index in [1.54, 1.807) is 12.1 Å². The number of amides is 2. The fourth-order valence-corrected chi connectivity index (χ4v) is 3.73. The Morgan fingerprint density at radius 2 is 1.88 bits per heavy atom. The topological polar surface area (TPSA) is 88.3 Å². The van der Waals surface area contributed by atoms with E-state index in [4.69, 9.17) is 5.73 Å². The Kier molecular flexibility index (Phi) is 5.33. The molecule has 1 aliphatic heterocycles. The average molecular weight is 330 g/mol. The lowest BCUT2D eigenvalue weighted by Crippen LogP contribution is -2.42. The van der Waals surface area contributed by atoms with Gasteiger partial charge in [-0.3, -0.25) is 9.59 Å². The van der Waals surface area contributed by atoms with Gasteiger partial charge in [-0.05, 0) is 43.7 Å². The first-order chi connectivity index (χ1) is 11.6. The summed E-state index contributed by atoms with van der Waals surface area (Å²) in [6.45, 7) is 1.58. The van der Waals surface area contributed by atoms with Crippen molar-refractivity contribution in [2.45, 2.75) is 51.0 Å². The molecule has 3 N–H and O–H groups in total. The molecule has 6 nitrogen and oxygen atoms in total. The molecule has 1 aromatic heterocycles. The summed E-state index contributed by atoms with van der Waals surface area (Å²) < 4.78 is 0. The molecule has 130 valence electrons. The third kappa shape index (κ3) is 4.24. The molecular formula is C18H26N4O2. The van der Waals surface area contributed by atoms with Crippen LogP contribution in [-0.2, 0) is 4.79 Å². The molecule has 2 fully saturated rings. The molecule has 1 aromatic rings. The normalized spacial score (nSPS) is 19.4. The number of carbonyl (C=O) groups is 2. The summed E-state index contributed by atoms with van der Waals surface area (Å²) in [5.74, 6) is 1.07. The molecule has 0 bridgehead atoms. The van der Waals surface area contributed by atoms with E-state index < -0.39 is 5.91 Å². The van der Waals surface area contributed by atoms with Crippen molar-refractivity contribution < 1.29 is 9.59 Å². The number of pyridine rings is 1. The lowest BCUT2D eigenvalue weighted by Gasteiger charge is -2.33. The van der Waals surface area contributed by atoms with E-state index in [1.807, 2.05) is 11.0 Å². The van der Waals surface area contributed by atoms with E-state index >= 15 is 0 Å². The number of piperidine rings is 1. The summed E-state index contributed by atoms with van der Waals surface area (Å²) in [6.07, 6.45) is 7.51. The van der Waals surface area contributed by atoms with Gasteiger partial charge in [0.15, 0.2) is 0 Å². The number of carbonyl (C=O) groups excluding carboxylic acids is 2. The lowest BCUT2D eigenvalue weighted by atomic mass is 10.0. The second kappa shape index (κ2) is 7.64. The van der Waals surface area contributed by atoms with Crippen LogP contribution in [0.25, 0.3) is 0 Å². The molecule has 1 saturated carbocycles. The Balaban J connectivity index is 1.47. The first kappa shape index (κ1) is 16.7. The van der Waals surface area contributed by atoms with Crippen molar-refractivity contribution in [2.24, 2.45) is 11.7 Å². The monoisotopic (exact) mass is 330 g/mol. The Bertz CT molecular complexity index is 590. The standard InChI is InChI=1S/C18H26N4O2/c19-18(24)15-6-3-7-16(21-15)20-14-8-10-22(11-9-14)17(23)12-13-4-1-2-5-13/h3,6-7,13-14H,1-2,4-5,8-12H2,(H2,19,24)(H,20,21). The van der Waals surface area contributed by atoms with Crippen LogP contribution >= 0.6 is 0 Å². The fourth-order valence-electron chi connectivity index (χ4n) is 3.73. The van der Waals surface area contributed by atoms with Gasteiger partial charge in [0.1, 0.15) is 11.5 Å². The highest BCUT2D eigenvalue weighted by Gasteiger charge is 2.26. The van der Waals surface area contributed by atoms with Crippen LogP contribution < -0.4 is 11.1 Å². The number of nitrogens with one attached hydrogen (secondary N) is 1. The van der Waals surface area contributed by atoms with Crippen LogP contribution in [0.15, 0.2) is 18.2 Å². The number of nitrogens with zero attached hydrogens (tertiary/aromatic N) is 2. The van der Waals surface area contributed by atoms with E-state index in [0.717, 1.165) is 32.4 Å². The van der Waals surface area contributed by atoms with Gasteiger partial charge in [0.05, 0.1) is 0 Å². The first-order valence-electron chi connectivity index (χ1n) is 8.93. The Morgan fingerprint density at radius 3 is 2.54 bits per heavy atom. The minimum atomic E-state index is -0.522. The number of hydrogen-bond acceptors (Lipinski definition) is 4. The van der Waals surface area contributed by atoms with E-state index in [9.17, 15) is 9.59 Å². The Hall–Kier alpha value is -2.11. The summed E-state index contributed by atoms with van der Waals surface area (Å²) in [5, 5.41) is 3.35. The predicted molar refractivity (Wildman–Crippen MR) is 92.6 cm³/mol. The number of rotatable bonds is 5. The third-order valence-corrected chi connectivity index (χ3v) is 5.14. The van der Waals surface area contributed by atoms with Crippen molar-refractivity contribution in [1.82, 2.24) is 9.88 Å². The number of aromatic nitrogens is 1. The number of hydrogen-bond donors (Lipinski definition) is 2. The van der Waals surface area contributed by atoms with Crippen molar-refractivity contribution >= 4 is 17.6 Å². The molecule has 0 atom stereocenters. The number of anilines is 1. The van der Waals surface area contributed by atoms with Gasteiger partial charge in [-0.15, -0.1) is 0 Å². The molecular weight excluding hydrogens is 304 g/mol. The molecule has 2 heterocycles. The smallest absolute Gasteiger partial charge is 0.267 e. The zero-order valence-corrected chi connectivity index (χ0v) is 14.0. The predicted octanol–water partition coefficient (Wildman–Crippen LogP) is 2.16. The lowest BCUT2D eigenvalue weighted by molar-refractivity contribution is -0.133. The number of nitrogens with two attached hydrogens (primary N) is 1. The molecule has 1 saturated heterocycles. The molecule has 0 radical (unpaired) electrons. The molecule has 3 rings (SSSR count). The van der Waals surface area contributed by atoms with Crippen LogP contribution in [0.1, 0.15) is 55.4 Å². The molecule has 6 heteroatoms. The van der Waals surface area contributed by atoms with Crippen LogP contribution in [0.3, 0.4) is 0 Å². The Morgan fingerprint density at radius 1 is 1.17 bits per heavy atom. The van der Waals surface area contributed by atoms with Gasteiger partial charge < -0.3 is 16.0 Å². The molecule has 1 aliphatic carbocycles. The zero-order valence-electron chi connectivity index (χ0n) is 14.0. The van der Waals surface area contributed by atoms with Gasteiger partial charge in [-0.1, -0.05) is 18.9 Å². The van der Waals surface area contributed by atoms with Gasteiger partial charge >= 0.3 is 0 Å². The summed E-state index contributed by atoms with van der Waals surface area (Å²) >= 11 is 0. The van der Waals surface area contributed by atoms with E-state index in [1.165, 1.54) is 25.7 Å². The maximum Gasteiger partial charge on any atom is 0.267 e. The minimum absolute atomic E-state index is 0.268. The van der Waals surface area contributed by atoms with E-state index in [2.05, 4.69) is 10.3 Å². The first-order valence-corrected chi connectivity index (χ1v) is 8.93. The van der Waals surface area contributed by atoms with Crippen LogP contribution in [-0.4, -0.2) is 40.8 Å². The second-order valence-corrected chi connectivity index (χ2v) is 6.93. The highest BCUT2D eigenvalue weighted by molar-refractivity contribution is 5.91. The van der Waals surface area contributed by atoms with E-state index in [0.29, 0.717) is 17.6 Å². The highest BCUT2D eigenvalue weighted by atomic mass is 16.2. The Labute approximate surface area is 142 Å². The average Bonchev–Trinajstić information content (AvgIpc) is 3.08. The zero-order chi connectivity index (χ0) is 16.9. The number of primary amides is 1. The fraction of sp³-hybridized carbons (Fsp3) is 0.611. The summed E-state index contributed by atoms with van der Waals surface area (Å²) in [5.41, 5.74) is 5.53. The second-order valence-electron chi connectivity index (χ2n) is 6.93. The van der Waals surface area contributed by atoms with Crippen molar-refractivity contribution in [1.29, 1.82) is 0 Å². The quantitative estimate of drug-likeness (QED) is 0.866. The maximum absolute atomic E-state index is 12.4. The van der Waals surface area contributed by atoms with Crippen LogP contribution in [0.5, 0.6) is 0 Å². The van der Waals surface area contributed by atoms with Gasteiger partial charge in [-0.25, -0.2) is 4.98 Å². The molecule has 2 aliphatic rings. The minimum Gasteiger partial charge on any atom is -0.367 e. The van der Waals surface area contributed by atoms with Crippen molar-refractivity contribution in [3.05, 3.63) is 23.9 Å². The van der Waals surface area contributed by atoms with Crippen LogP contribution in [0, 0.1) is 5.92 Å². The van der Waals surface area contributed by atoms with Crippen molar-refractivity contribution in [3.63, 3.8) is 0 Å². The molecule has 0 aromatic carbocycles.